The first-order valence-corrected chi connectivity index (χ1v) is 9.95. The molecule has 0 aliphatic carbocycles. The number of aromatic nitrogens is 1. The van der Waals surface area contributed by atoms with E-state index < -0.39 is 5.91 Å². The van der Waals surface area contributed by atoms with Crippen molar-refractivity contribution in [3.05, 3.63) is 63.9 Å². The monoisotopic (exact) mass is 420 g/mol. The first kappa shape index (κ1) is 20.6. The van der Waals surface area contributed by atoms with Gasteiger partial charge in [0.2, 0.25) is 5.91 Å². The molecule has 0 bridgehead atoms. The van der Waals surface area contributed by atoms with Crippen LogP contribution in [-0.2, 0) is 4.79 Å². The van der Waals surface area contributed by atoms with Gasteiger partial charge in [0.25, 0.3) is 5.91 Å². The number of amides is 2. The maximum absolute atomic E-state index is 12.3. The van der Waals surface area contributed by atoms with Gasteiger partial charge in [-0.15, -0.1) is 0 Å². The lowest BCUT2D eigenvalue weighted by Gasteiger charge is -2.29. The number of pyridine rings is 1. The van der Waals surface area contributed by atoms with E-state index >= 15 is 0 Å². The molecule has 0 saturated carbocycles. The lowest BCUT2D eigenvalue weighted by molar-refractivity contribution is -0.120. The molecule has 0 spiro atoms. The highest BCUT2D eigenvalue weighted by atomic mass is 35.5. The van der Waals surface area contributed by atoms with Gasteiger partial charge >= 0.3 is 0 Å². The topological polar surface area (TPSA) is 74.3 Å². The van der Waals surface area contributed by atoms with E-state index in [0.717, 1.165) is 31.5 Å². The maximum Gasteiger partial charge on any atom is 0.270 e. The summed E-state index contributed by atoms with van der Waals surface area (Å²) < 4.78 is 0. The van der Waals surface area contributed by atoms with E-state index in [9.17, 15) is 9.59 Å². The zero-order chi connectivity index (χ0) is 19.9. The summed E-state index contributed by atoms with van der Waals surface area (Å²) >= 11 is 12.2. The van der Waals surface area contributed by atoms with Crippen LogP contribution in [0, 0.1) is 0 Å². The second kappa shape index (κ2) is 9.87. The van der Waals surface area contributed by atoms with Crippen molar-refractivity contribution in [1.82, 2.24) is 20.5 Å². The number of carbonyl (C=O) groups is 2. The summed E-state index contributed by atoms with van der Waals surface area (Å²) in [5, 5.41) is 6.57. The van der Waals surface area contributed by atoms with E-state index in [0.29, 0.717) is 16.6 Å². The van der Waals surface area contributed by atoms with Crippen molar-refractivity contribution >= 4 is 35.0 Å². The molecule has 2 amide bonds. The molecule has 3 rings (SSSR count). The van der Waals surface area contributed by atoms with Gasteiger partial charge in [-0.25, -0.2) is 0 Å². The van der Waals surface area contributed by atoms with Crippen LogP contribution >= 0.6 is 23.2 Å². The third-order valence-electron chi connectivity index (χ3n) is 4.70. The van der Waals surface area contributed by atoms with Gasteiger partial charge in [0, 0.05) is 22.8 Å². The zero-order valence-corrected chi connectivity index (χ0v) is 16.8. The molecule has 1 atom stereocenters. The van der Waals surface area contributed by atoms with E-state index in [2.05, 4.69) is 20.5 Å². The van der Waals surface area contributed by atoms with Crippen molar-refractivity contribution in [2.45, 2.75) is 18.9 Å². The van der Waals surface area contributed by atoms with Crippen molar-refractivity contribution in [3.8, 4) is 0 Å². The standard InChI is InChI=1S/C20H22Cl2N4O2/c21-14-7-8-23-17(11-14)20(28)25-13-19(27)24-12-18(26-9-3-4-10-26)15-5-1-2-6-16(15)22/h1-2,5-8,11,18H,3-4,9-10,12-13H2,(H,24,27)(H,25,28). The Morgan fingerprint density at radius 2 is 1.86 bits per heavy atom. The molecule has 6 nitrogen and oxygen atoms in total. The minimum absolute atomic E-state index is 0.00504. The largest absolute Gasteiger partial charge is 0.353 e. The Kier molecular flexibility index (Phi) is 7.25. The van der Waals surface area contributed by atoms with Crippen LogP contribution in [0.4, 0.5) is 0 Å². The third-order valence-corrected chi connectivity index (χ3v) is 5.28. The number of benzene rings is 1. The first-order valence-electron chi connectivity index (χ1n) is 9.19. The molecule has 2 heterocycles. The average molecular weight is 421 g/mol. The van der Waals surface area contributed by atoms with Crippen LogP contribution in [0.2, 0.25) is 10.0 Å². The third kappa shape index (κ3) is 5.44. The minimum atomic E-state index is -0.445. The highest BCUT2D eigenvalue weighted by Gasteiger charge is 2.25. The predicted molar refractivity (Wildman–Crippen MR) is 110 cm³/mol. The molecule has 1 fully saturated rings. The number of nitrogens with zero attached hydrogens (tertiary/aromatic N) is 2. The number of hydrogen-bond donors (Lipinski definition) is 2. The number of nitrogens with one attached hydrogen (secondary N) is 2. The highest BCUT2D eigenvalue weighted by molar-refractivity contribution is 6.31. The molecule has 1 aromatic heterocycles. The Hall–Kier alpha value is -2.15. The Morgan fingerprint density at radius 1 is 1.11 bits per heavy atom. The Morgan fingerprint density at radius 3 is 2.57 bits per heavy atom. The number of carbonyl (C=O) groups excluding carboxylic acids is 2. The molecule has 1 saturated heterocycles. The van der Waals surface area contributed by atoms with E-state index in [4.69, 9.17) is 23.2 Å². The van der Waals surface area contributed by atoms with Crippen molar-refractivity contribution in [2.24, 2.45) is 0 Å². The normalized spacial score (nSPS) is 15.2. The average Bonchev–Trinajstić information content (AvgIpc) is 3.22. The second-order valence-electron chi connectivity index (χ2n) is 6.63. The van der Waals surface area contributed by atoms with Crippen LogP contribution in [0.1, 0.15) is 34.9 Å². The second-order valence-corrected chi connectivity index (χ2v) is 7.47. The number of likely N-dealkylation sites (tertiary alicyclic amines) is 1. The van der Waals surface area contributed by atoms with E-state index in [1.54, 1.807) is 6.07 Å². The predicted octanol–water partition coefficient (Wildman–Crippen LogP) is 3.07. The summed E-state index contributed by atoms with van der Waals surface area (Å²) in [6, 6.07) is 10.7. The van der Waals surface area contributed by atoms with Gasteiger partial charge in [-0.05, 0) is 49.7 Å². The van der Waals surface area contributed by atoms with Crippen molar-refractivity contribution in [3.63, 3.8) is 0 Å². The summed E-state index contributed by atoms with van der Waals surface area (Å²) in [6.07, 6.45) is 3.72. The lowest BCUT2D eigenvalue weighted by atomic mass is 10.1. The Bertz CT molecular complexity index is 840. The molecule has 2 N–H and O–H groups in total. The molecule has 1 aliphatic heterocycles. The molecular weight excluding hydrogens is 399 g/mol. The van der Waals surface area contributed by atoms with E-state index in [1.165, 1.54) is 12.3 Å². The van der Waals surface area contributed by atoms with Gasteiger partial charge < -0.3 is 10.6 Å². The van der Waals surface area contributed by atoms with Crippen LogP contribution in [0.5, 0.6) is 0 Å². The molecule has 1 aromatic carbocycles. The van der Waals surface area contributed by atoms with Crippen molar-refractivity contribution in [2.75, 3.05) is 26.2 Å². The van der Waals surface area contributed by atoms with Gasteiger partial charge in [0.15, 0.2) is 0 Å². The zero-order valence-electron chi connectivity index (χ0n) is 15.3. The molecule has 1 aliphatic rings. The fraction of sp³-hybridized carbons (Fsp3) is 0.350. The van der Waals surface area contributed by atoms with Crippen molar-refractivity contribution < 1.29 is 9.59 Å². The van der Waals surface area contributed by atoms with Crippen molar-refractivity contribution in [1.29, 1.82) is 0 Å². The number of rotatable bonds is 7. The summed E-state index contributed by atoms with van der Waals surface area (Å²) in [5.74, 6) is -0.716. The lowest BCUT2D eigenvalue weighted by Crippen LogP contribution is -2.41. The fourth-order valence-corrected chi connectivity index (χ4v) is 3.71. The summed E-state index contributed by atoms with van der Waals surface area (Å²) in [4.78, 5) is 30.6. The first-order chi connectivity index (χ1) is 13.5. The van der Waals surface area contributed by atoms with Crippen LogP contribution < -0.4 is 10.6 Å². The van der Waals surface area contributed by atoms with Gasteiger partial charge in [-0.3, -0.25) is 19.5 Å². The molecule has 8 heteroatoms. The van der Waals surface area contributed by atoms with Gasteiger partial charge in [0.05, 0.1) is 12.6 Å². The molecule has 1 unspecified atom stereocenters. The Balaban J connectivity index is 1.56. The SMILES string of the molecule is O=C(CNC(=O)c1cc(Cl)ccn1)NCC(c1ccccc1Cl)N1CCCC1. The minimum Gasteiger partial charge on any atom is -0.353 e. The van der Waals surface area contributed by atoms with Gasteiger partial charge in [0.1, 0.15) is 5.69 Å². The molecule has 0 radical (unpaired) electrons. The van der Waals surface area contributed by atoms with Gasteiger partial charge in [-0.2, -0.15) is 0 Å². The van der Waals surface area contributed by atoms with Crippen LogP contribution in [0.3, 0.4) is 0 Å². The number of hydrogen-bond acceptors (Lipinski definition) is 4. The highest BCUT2D eigenvalue weighted by Crippen LogP contribution is 2.29. The number of halogens is 2. The van der Waals surface area contributed by atoms with Gasteiger partial charge in [-0.1, -0.05) is 41.4 Å². The smallest absolute Gasteiger partial charge is 0.270 e. The molecule has 2 aromatic rings. The quantitative estimate of drug-likeness (QED) is 0.721. The van der Waals surface area contributed by atoms with Crippen LogP contribution in [0.25, 0.3) is 0 Å². The molecule has 28 heavy (non-hydrogen) atoms. The molecule has 148 valence electrons. The van der Waals surface area contributed by atoms with Crippen LogP contribution in [0.15, 0.2) is 42.6 Å². The summed E-state index contributed by atoms with van der Waals surface area (Å²) in [6.45, 7) is 2.24. The van der Waals surface area contributed by atoms with E-state index in [-0.39, 0.29) is 24.2 Å². The molecular formula is C20H22Cl2N4O2. The summed E-state index contributed by atoms with van der Waals surface area (Å²) in [5.41, 5.74) is 1.17. The summed E-state index contributed by atoms with van der Waals surface area (Å²) in [7, 11) is 0. The van der Waals surface area contributed by atoms with Crippen LogP contribution in [-0.4, -0.2) is 47.9 Å². The maximum atomic E-state index is 12.3. The van der Waals surface area contributed by atoms with E-state index in [1.807, 2.05) is 24.3 Å². The Labute approximate surface area is 174 Å². The fourth-order valence-electron chi connectivity index (χ4n) is 3.29.